The minimum Gasteiger partial charge on any atom is -0.341 e. The minimum atomic E-state index is -3.48. The summed E-state index contributed by atoms with van der Waals surface area (Å²) in [5.74, 6) is 0.123. The Morgan fingerprint density at radius 2 is 1.78 bits per heavy atom. The molecule has 128 valence electrons. The molecule has 6 heteroatoms. The van der Waals surface area contributed by atoms with Crippen molar-refractivity contribution in [2.45, 2.75) is 38.5 Å². The summed E-state index contributed by atoms with van der Waals surface area (Å²) in [5, 5.41) is 0. The Kier molecular flexibility index (Phi) is 5.81. The van der Waals surface area contributed by atoms with E-state index in [4.69, 9.17) is 0 Å². The minimum absolute atomic E-state index is 0.00439. The van der Waals surface area contributed by atoms with E-state index in [0.29, 0.717) is 37.5 Å². The van der Waals surface area contributed by atoms with E-state index in [9.17, 15) is 13.2 Å². The van der Waals surface area contributed by atoms with Crippen LogP contribution in [0.15, 0.2) is 29.2 Å². The highest BCUT2D eigenvalue weighted by Gasteiger charge is 2.29. The monoisotopic (exact) mass is 338 g/mol. The third kappa shape index (κ3) is 4.12. The topological polar surface area (TPSA) is 57.7 Å². The quantitative estimate of drug-likeness (QED) is 0.846. The molecule has 1 aromatic rings. The van der Waals surface area contributed by atoms with Crippen LogP contribution in [0.2, 0.25) is 0 Å². The van der Waals surface area contributed by atoms with E-state index in [1.807, 2.05) is 32.9 Å². The fourth-order valence-electron chi connectivity index (χ4n) is 2.70. The Labute approximate surface area is 139 Å². The summed E-state index contributed by atoms with van der Waals surface area (Å²) in [4.78, 5) is 14.4. The fraction of sp³-hybridized carbons (Fsp3) is 0.588. The van der Waals surface area contributed by atoms with Gasteiger partial charge in [0, 0.05) is 32.1 Å². The van der Waals surface area contributed by atoms with Crippen molar-refractivity contribution in [2.24, 2.45) is 5.92 Å². The summed E-state index contributed by atoms with van der Waals surface area (Å²) >= 11 is 0. The maximum atomic E-state index is 12.7. The molecular weight excluding hydrogens is 312 g/mol. The predicted octanol–water partition coefficient (Wildman–Crippen LogP) is 2.26. The normalized spacial score (nSPS) is 18.5. The van der Waals surface area contributed by atoms with Crippen LogP contribution in [0.1, 0.15) is 32.3 Å². The zero-order valence-corrected chi connectivity index (χ0v) is 15.0. The lowest BCUT2D eigenvalue weighted by atomic mass is 10.1. The highest BCUT2D eigenvalue weighted by molar-refractivity contribution is 7.89. The van der Waals surface area contributed by atoms with Crippen molar-refractivity contribution < 1.29 is 13.2 Å². The van der Waals surface area contributed by atoms with Crippen LogP contribution in [0.3, 0.4) is 0 Å². The van der Waals surface area contributed by atoms with Gasteiger partial charge in [0.15, 0.2) is 0 Å². The number of rotatable bonds is 4. The van der Waals surface area contributed by atoms with E-state index in [1.165, 1.54) is 4.31 Å². The highest BCUT2D eigenvalue weighted by atomic mass is 32.2. The predicted molar refractivity (Wildman–Crippen MR) is 90.6 cm³/mol. The van der Waals surface area contributed by atoms with E-state index in [2.05, 4.69) is 0 Å². The number of benzene rings is 1. The molecule has 0 aliphatic carbocycles. The molecule has 0 spiro atoms. The van der Waals surface area contributed by atoms with Crippen molar-refractivity contribution in [3.8, 4) is 0 Å². The Balaban J connectivity index is 2.10. The lowest BCUT2D eigenvalue weighted by Crippen LogP contribution is -2.39. The standard InChI is InChI=1S/C17H26N2O3S/c1-4-15(3)17(20)18-10-5-11-19(13-12-18)23(21,22)16-8-6-14(2)7-9-16/h6-9,15H,4-5,10-13H2,1-3H3/t15-/m0/s1. The van der Waals surface area contributed by atoms with Gasteiger partial charge >= 0.3 is 0 Å². The first kappa shape index (κ1) is 17.9. The van der Waals surface area contributed by atoms with Gasteiger partial charge in [-0.1, -0.05) is 31.5 Å². The Morgan fingerprint density at radius 1 is 1.13 bits per heavy atom. The summed E-state index contributed by atoms with van der Waals surface area (Å²) in [7, 11) is -3.48. The van der Waals surface area contributed by atoms with Gasteiger partial charge < -0.3 is 4.90 Å². The van der Waals surface area contributed by atoms with Gasteiger partial charge in [0.25, 0.3) is 0 Å². The van der Waals surface area contributed by atoms with E-state index < -0.39 is 10.0 Å². The molecule has 0 saturated carbocycles. The van der Waals surface area contributed by atoms with Crippen LogP contribution in [0, 0.1) is 12.8 Å². The second-order valence-corrected chi connectivity index (χ2v) is 8.14. The van der Waals surface area contributed by atoms with Crippen LogP contribution in [0.5, 0.6) is 0 Å². The molecule has 5 nitrogen and oxygen atoms in total. The molecule has 1 aliphatic heterocycles. The zero-order chi connectivity index (χ0) is 17.0. The molecule has 23 heavy (non-hydrogen) atoms. The van der Waals surface area contributed by atoms with Crippen LogP contribution in [-0.4, -0.2) is 49.7 Å². The molecular formula is C17H26N2O3S. The van der Waals surface area contributed by atoms with Gasteiger partial charge in [-0.2, -0.15) is 4.31 Å². The van der Waals surface area contributed by atoms with Crippen LogP contribution in [0.25, 0.3) is 0 Å². The molecule has 1 saturated heterocycles. The van der Waals surface area contributed by atoms with Crippen molar-refractivity contribution in [2.75, 3.05) is 26.2 Å². The lowest BCUT2D eigenvalue weighted by molar-refractivity contribution is -0.134. The van der Waals surface area contributed by atoms with Gasteiger partial charge in [0.05, 0.1) is 4.90 Å². The molecule has 1 aliphatic rings. The Hall–Kier alpha value is -1.40. The van der Waals surface area contributed by atoms with E-state index in [-0.39, 0.29) is 11.8 Å². The third-order valence-electron chi connectivity index (χ3n) is 4.46. The zero-order valence-electron chi connectivity index (χ0n) is 14.2. The lowest BCUT2D eigenvalue weighted by Gasteiger charge is -2.24. The van der Waals surface area contributed by atoms with E-state index in [1.54, 1.807) is 17.0 Å². The average molecular weight is 338 g/mol. The molecule has 1 atom stereocenters. The number of hydrogen-bond donors (Lipinski definition) is 0. The van der Waals surface area contributed by atoms with Crippen LogP contribution < -0.4 is 0 Å². The molecule has 0 bridgehead atoms. The average Bonchev–Trinajstić information content (AvgIpc) is 2.80. The van der Waals surface area contributed by atoms with Gasteiger partial charge in [-0.3, -0.25) is 4.79 Å². The van der Waals surface area contributed by atoms with Crippen LogP contribution in [-0.2, 0) is 14.8 Å². The number of aryl methyl sites for hydroxylation is 1. The summed E-state index contributed by atoms with van der Waals surface area (Å²) in [6.45, 7) is 7.76. The van der Waals surface area contributed by atoms with Crippen LogP contribution >= 0.6 is 0 Å². The van der Waals surface area contributed by atoms with Gasteiger partial charge in [0.1, 0.15) is 0 Å². The van der Waals surface area contributed by atoms with E-state index >= 15 is 0 Å². The fourth-order valence-corrected chi connectivity index (χ4v) is 4.17. The molecule has 1 fully saturated rings. The second-order valence-electron chi connectivity index (χ2n) is 6.21. The molecule has 0 N–H and O–H groups in total. The number of carbonyl (C=O) groups excluding carboxylic acids is 1. The number of nitrogens with zero attached hydrogens (tertiary/aromatic N) is 2. The maximum Gasteiger partial charge on any atom is 0.243 e. The van der Waals surface area contributed by atoms with Gasteiger partial charge in [-0.25, -0.2) is 8.42 Å². The summed E-state index contributed by atoms with van der Waals surface area (Å²) in [6, 6.07) is 6.92. The van der Waals surface area contributed by atoms with Gasteiger partial charge in [-0.05, 0) is 31.9 Å². The Bertz CT molecular complexity index is 640. The molecule has 2 rings (SSSR count). The molecule has 1 heterocycles. The molecule has 1 aromatic carbocycles. The van der Waals surface area contributed by atoms with Crippen LogP contribution in [0.4, 0.5) is 0 Å². The van der Waals surface area contributed by atoms with Crippen molar-refractivity contribution >= 4 is 15.9 Å². The number of sulfonamides is 1. The smallest absolute Gasteiger partial charge is 0.243 e. The van der Waals surface area contributed by atoms with Crippen molar-refractivity contribution in [3.05, 3.63) is 29.8 Å². The third-order valence-corrected chi connectivity index (χ3v) is 6.37. The Morgan fingerprint density at radius 3 is 2.39 bits per heavy atom. The van der Waals surface area contributed by atoms with Crippen molar-refractivity contribution in [3.63, 3.8) is 0 Å². The first-order valence-corrected chi connectivity index (χ1v) is 9.66. The van der Waals surface area contributed by atoms with Gasteiger partial charge in [-0.15, -0.1) is 0 Å². The van der Waals surface area contributed by atoms with E-state index in [0.717, 1.165) is 12.0 Å². The number of hydrogen-bond acceptors (Lipinski definition) is 3. The summed E-state index contributed by atoms with van der Waals surface area (Å²) in [5.41, 5.74) is 1.03. The first-order chi connectivity index (χ1) is 10.9. The number of amides is 1. The molecule has 0 radical (unpaired) electrons. The van der Waals surface area contributed by atoms with Gasteiger partial charge in [0.2, 0.25) is 15.9 Å². The first-order valence-electron chi connectivity index (χ1n) is 8.22. The van der Waals surface area contributed by atoms with Crippen molar-refractivity contribution in [1.29, 1.82) is 0 Å². The second kappa shape index (κ2) is 7.45. The molecule has 0 aromatic heterocycles. The maximum absolute atomic E-state index is 12.7. The SMILES string of the molecule is CC[C@H](C)C(=O)N1CCCN(S(=O)(=O)c2ccc(C)cc2)CC1. The highest BCUT2D eigenvalue weighted by Crippen LogP contribution is 2.19. The number of carbonyl (C=O) groups is 1. The van der Waals surface area contributed by atoms with Crippen molar-refractivity contribution in [1.82, 2.24) is 9.21 Å². The summed E-state index contributed by atoms with van der Waals surface area (Å²) in [6.07, 6.45) is 1.48. The largest absolute Gasteiger partial charge is 0.341 e. The molecule has 0 unspecified atom stereocenters. The summed E-state index contributed by atoms with van der Waals surface area (Å²) < 4.78 is 27.0. The molecule has 1 amide bonds.